The smallest absolute Gasteiger partial charge is 0.312 e. The standard InChI is InChI=1S/C18H19NO4/c1-11(12-6-4-3-5-7-12)19-10-18-9-8-13(23-18)14(17(21)22-2)15(18)16(19)20/h3-9,11,13-15H,10H2,1-2H3/t11-,13-,14+,15-,18+/m1/s1. The Morgan fingerprint density at radius 1 is 1.39 bits per heavy atom. The lowest BCUT2D eigenvalue weighted by Gasteiger charge is -2.27. The zero-order chi connectivity index (χ0) is 16.2. The van der Waals surface area contributed by atoms with Crippen molar-refractivity contribution in [1.29, 1.82) is 0 Å². The molecule has 3 aliphatic heterocycles. The van der Waals surface area contributed by atoms with Gasteiger partial charge in [0.15, 0.2) is 0 Å². The molecule has 1 spiro atoms. The number of amides is 1. The van der Waals surface area contributed by atoms with Crippen LogP contribution in [-0.4, -0.2) is 42.1 Å². The molecule has 1 amide bonds. The Bertz CT molecular complexity index is 686. The molecule has 2 bridgehead atoms. The van der Waals surface area contributed by atoms with Crippen LogP contribution >= 0.6 is 0 Å². The topological polar surface area (TPSA) is 55.8 Å². The van der Waals surface area contributed by atoms with Gasteiger partial charge in [-0.15, -0.1) is 0 Å². The molecule has 1 aromatic carbocycles. The molecule has 0 aromatic heterocycles. The van der Waals surface area contributed by atoms with Crippen molar-refractivity contribution in [3.05, 3.63) is 48.0 Å². The van der Waals surface area contributed by atoms with Gasteiger partial charge in [0, 0.05) is 0 Å². The Balaban J connectivity index is 1.67. The summed E-state index contributed by atoms with van der Waals surface area (Å²) in [5.41, 5.74) is 0.397. The van der Waals surface area contributed by atoms with Gasteiger partial charge in [0.05, 0.1) is 31.7 Å². The summed E-state index contributed by atoms with van der Waals surface area (Å²) < 4.78 is 10.9. The minimum Gasteiger partial charge on any atom is -0.469 e. The summed E-state index contributed by atoms with van der Waals surface area (Å²) in [7, 11) is 1.36. The van der Waals surface area contributed by atoms with Gasteiger partial charge in [-0.1, -0.05) is 42.5 Å². The Kier molecular flexibility index (Phi) is 3.10. The maximum atomic E-state index is 13.0. The highest BCUT2D eigenvalue weighted by Gasteiger charge is 2.67. The van der Waals surface area contributed by atoms with Crippen molar-refractivity contribution < 1.29 is 19.1 Å². The summed E-state index contributed by atoms with van der Waals surface area (Å²) in [4.78, 5) is 27.0. The van der Waals surface area contributed by atoms with Crippen LogP contribution < -0.4 is 0 Å². The average Bonchev–Trinajstić information content (AvgIpc) is 3.22. The highest BCUT2D eigenvalue weighted by molar-refractivity contribution is 5.91. The fourth-order valence-corrected chi connectivity index (χ4v) is 4.17. The maximum absolute atomic E-state index is 13.0. The number of hydrogen-bond donors (Lipinski definition) is 0. The minimum absolute atomic E-state index is 0.0244. The largest absolute Gasteiger partial charge is 0.469 e. The van der Waals surface area contributed by atoms with E-state index < -0.39 is 17.4 Å². The second-order valence-corrected chi connectivity index (χ2v) is 6.48. The molecule has 120 valence electrons. The first-order valence-corrected chi connectivity index (χ1v) is 7.88. The van der Waals surface area contributed by atoms with Gasteiger partial charge in [-0.05, 0) is 12.5 Å². The zero-order valence-corrected chi connectivity index (χ0v) is 13.1. The van der Waals surface area contributed by atoms with Crippen LogP contribution in [0.1, 0.15) is 18.5 Å². The number of carbonyl (C=O) groups is 2. The van der Waals surface area contributed by atoms with Crippen LogP contribution in [0, 0.1) is 11.8 Å². The van der Waals surface area contributed by atoms with Crippen LogP contribution in [0.5, 0.6) is 0 Å². The summed E-state index contributed by atoms with van der Waals surface area (Å²) in [5.74, 6) is -1.40. The van der Waals surface area contributed by atoms with Gasteiger partial charge < -0.3 is 14.4 Å². The average molecular weight is 313 g/mol. The normalized spacial score (nSPS) is 35.5. The monoisotopic (exact) mass is 313 g/mol. The molecule has 3 heterocycles. The number of likely N-dealkylation sites (tertiary alicyclic amines) is 1. The third-order valence-corrected chi connectivity index (χ3v) is 5.35. The van der Waals surface area contributed by atoms with E-state index in [0.717, 1.165) is 5.56 Å². The molecule has 23 heavy (non-hydrogen) atoms. The van der Waals surface area contributed by atoms with Crippen molar-refractivity contribution >= 4 is 11.9 Å². The molecule has 2 saturated heterocycles. The first-order chi connectivity index (χ1) is 11.1. The third kappa shape index (κ3) is 1.89. The van der Waals surface area contributed by atoms with Gasteiger partial charge in [-0.25, -0.2) is 0 Å². The van der Waals surface area contributed by atoms with E-state index in [-0.39, 0.29) is 24.0 Å². The summed E-state index contributed by atoms with van der Waals surface area (Å²) in [5, 5.41) is 0. The molecule has 0 N–H and O–H groups in total. The second kappa shape index (κ2) is 4.93. The SMILES string of the molecule is COC(=O)[C@H]1[C@H]2C=C[C@@]3(CN([C@H](C)c4ccccc4)C(=O)[C@@H]13)O2. The Morgan fingerprint density at radius 3 is 2.83 bits per heavy atom. The molecule has 5 heteroatoms. The summed E-state index contributed by atoms with van der Waals surface area (Å²) in [6, 6.07) is 9.84. The maximum Gasteiger partial charge on any atom is 0.312 e. The first kappa shape index (κ1) is 14.5. The van der Waals surface area contributed by atoms with E-state index in [0.29, 0.717) is 6.54 Å². The predicted molar refractivity (Wildman–Crippen MR) is 82.3 cm³/mol. The second-order valence-electron chi connectivity index (χ2n) is 6.48. The van der Waals surface area contributed by atoms with Crippen LogP contribution in [-0.2, 0) is 19.1 Å². The first-order valence-electron chi connectivity index (χ1n) is 7.88. The summed E-state index contributed by atoms with van der Waals surface area (Å²) in [6.07, 6.45) is 3.50. The molecule has 3 aliphatic rings. The molecule has 5 nitrogen and oxygen atoms in total. The van der Waals surface area contributed by atoms with E-state index in [1.165, 1.54) is 7.11 Å². The van der Waals surface area contributed by atoms with Gasteiger partial charge in [0.25, 0.3) is 0 Å². The molecule has 0 radical (unpaired) electrons. The van der Waals surface area contributed by atoms with Gasteiger partial charge in [-0.3, -0.25) is 9.59 Å². The van der Waals surface area contributed by atoms with Crippen molar-refractivity contribution in [2.75, 3.05) is 13.7 Å². The minimum atomic E-state index is -0.677. The Labute approximate surface area is 134 Å². The van der Waals surface area contributed by atoms with Crippen molar-refractivity contribution in [3.8, 4) is 0 Å². The van der Waals surface area contributed by atoms with Gasteiger partial charge in [0.1, 0.15) is 11.5 Å². The number of rotatable bonds is 3. The van der Waals surface area contributed by atoms with Crippen LogP contribution in [0.2, 0.25) is 0 Å². The molecule has 1 aromatic rings. The quantitative estimate of drug-likeness (QED) is 0.629. The van der Waals surface area contributed by atoms with E-state index in [1.54, 1.807) is 0 Å². The number of fused-ring (bicyclic) bond motifs is 1. The fourth-order valence-electron chi connectivity index (χ4n) is 4.17. The third-order valence-electron chi connectivity index (χ3n) is 5.35. The van der Waals surface area contributed by atoms with Crippen LogP contribution in [0.3, 0.4) is 0 Å². The fraction of sp³-hybridized carbons (Fsp3) is 0.444. The van der Waals surface area contributed by atoms with Crippen molar-refractivity contribution in [2.24, 2.45) is 11.8 Å². The molecular weight excluding hydrogens is 294 g/mol. The van der Waals surface area contributed by atoms with Gasteiger partial charge >= 0.3 is 5.97 Å². The Hall–Kier alpha value is -2.14. The predicted octanol–water partition coefficient (Wildman–Crippen LogP) is 1.70. The number of ether oxygens (including phenoxy) is 2. The summed E-state index contributed by atoms with van der Waals surface area (Å²) >= 11 is 0. The number of methoxy groups -OCH3 is 1. The lowest BCUT2D eigenvalue weighted by Crippen LogP contribution is -2.39. The summed E-state index contributed by atoms with van der Waals surface area (Å²) in [6.45, 7) is 2.49. The van der Waals surface area contributed by atoms with E-state index >= 15 is 0 Å². The molecule has 0 aliphatic carbocycles. The van der Waals surface area contributed by atoms with Crippen molar-refractivity contribution in [2.45, 2.75) is 24.7 Å². The van der Waals surface area contributed by atoms with E-state index in [1.807, 2.05) is 54.3 Å². The molecule has 0 saturated carbocycles. The van der Waals surface area contributed by atoms with Crippen molar-refractivity contribution in [3.63, 3.8) is 0 Å². The zero-order valence-electron chi connectivity index (χ0n) is 13.1. The van der Waals surface area contributed by atoms with Crippen molar-refractivity contribution in [1.82, 2.24) is 4.90 Å². The van der Waals surface area contributed by atoms with E-state index in [9.17, 15) is 9.59 Å². The number of nitrogens with zero attached hydrogens (tertiary/aromatic N) is 1. The molecule has 4 rings (SSSR count). The lowest BCUT2D eigenvalue weighted by molar-refractivity contribution is -0.151. The molecule has 0 unspecified atom stereocenters. The molecule has 5 atom stereocenters. The highest BCUT2D eigenvalue weighted by atomic mass is 16.5. The molecular formula is C18H19NO4. The number of carbonyl (C=O) groups excluding carboxylic acids is 2. The van der Waals surface area contributed by atoms with Crippen LogP contribution in [0.25, 0.3) is 0 Å². The van der Waals surface area contributed by atoms with Crippen LogP contribution in [0.15, 0.2) is 42.5 Å². The van der Waals surface area contributed by atoms with Gasteiger partial charge in [-0.2, -0.15) is 0 Å². The van der Waals surface area contributed by atoms with Crippen LogP contribution in [0.4, 0.5) is 0 Å². The van der Waals surface area contributed by atoms with Gasteiger partial charge in [0.2, 0.25) is 5.91 Å². The molecule has 2 fully saturated rings. The lowest BCUT2D eigenvalue weighted by atomic mass is 9.77. The van der Waals surface area contributed by atoms with E-state index in [4.69, 9.17) is 9.47 Å². The number of hydrogen-bond acceptors (Lipinski definition) is 4. The number of esters is 1. The highest BCUT2D eigenvalue weighted by Crippen LogP contribution is 2.53. The number of benzene rings is 1. The Morgan fingerprint density at radius 2 is 2.13 bits per heavy atom. The van der Waals surface area contributed by atoms with E-state index in [2.05, 4.69) is 0 Å².